The number of cyclic esters (lactones) is 1. The maximum atomic E-state index is 14.2. The van der Waals surface area contributed by atoms with Crippen LogP contribution in [0.5, 0.6) is 0 Å². The lowest BCUT2D eigenvalue weighted by atomic mass is 9.74. The van der Waals surface area contributed by atoms with Crippen LogP contribution in [-0.4, -0.2) is 143 Å². The maximum absolute atomic E-state index is 14.2. The van der Waals surface area contributed by atoms with E-state index in [4.69, 9.17) is 33.2 Å². The maximum Gasteiger partial charge on any atom is 0.311 e. The average molecular weight is 776 g/mol. The Labute approximate surface area is 321 Å². The van der Waals surface area contributed by atoms with Gasteiger partial charge in [-0.25, -0.2) is 0 Å². The third-order valence-electron chi connectivity index (χ3n) is 12.0. The van der Waals surface area contributed by atoms with E-state index in [0.29, 0.717) is 6.42 Å². The Hall–Kier alpha value is -1.79. The van der Waals surface area contributed by atoms with Crippen LogP contribution in [0.1, 0.15) is 102 Å². The van der Waals surface area contributed by atoms with E-state index in [1.165, 1.54) is 34.8 Å². The molecule has 18 atom stereocenters. The van der Waals surface area contributed by atoms with Gasteiger partial charge in [-0.1, -0.05) is 34.6 Å². The Morgan fingerprint density at radius 3 is 2.07 bits per heavy atom. The first-order valence-corrected chi connectivity index (χ1v) is 19.4. The van der Waals surface area contributed by atoms with Crippen molar-refractivity contribution in [2.75, 3.05) is 21.2 Å². The Morgan fingerprint density at radius 2 is 1.54 bits per heavy atom. The van der Waals surface area contributed by atoms with Gasteiger partial charge in [0.1, 0.15) is 23.6 Å². The molecule has 15 nitrogen and oxygen atoms in total. The second-order valence-corrected chi connectivity index (χ2v) is 17.0. The number of Topliss-reactive ketones (excluding diaryl/α,β-unsaturated/α-hetero) is 1. The summed E-state index contributed by atoms with van der Waals surface area (Å²) in [5.41, 5.74) is -3.85. The highest BCUT2D eigenvalue weighted by molar-refractivity contribution is 5.83. The van der Waals surface area contributed by atoms with E-state index >= 15 is 0 Å². The third kappa shape index (κ3) is 10.2. The normalized spacial score (nSPS) is 47.5. The minimum absolute atomic E-state index is 0.121. The van der Waals surface area contributed by atoms with Crippen LogP contribution in [0.3, 0.4) is 0 Å². The molecule has 3 heterocycles. The van der Waals surface area contributed by atoms with Crippen molar-refractivity contribution in [2.24, 2.45) is 29.6 Å². The molecule has 314 valence electrons. The van der Waals surface area contributed by atoms with Crippen LogP contribution >= 0.6 is 0 Å². The minimum atomic E-state index is -2.01. The van der Waals surface area contributed by atoms with Crippen LogP contribution in [0.15, 0.2) is 0 Å². The smallest absolute Gasteiger partial charge is 0.311 e. The number of carbonyl (C=O) groups excluding carboxylic acids is 3. The number of esters is 2. The van der Waals surface area contributed by atoms with E-state index < -0.39 is 108 Å². The number of methoxy groups -OCH3 is 1. The first-order chi connectivity index (χ1) is 24.8. The molecular formula is C39H69NO14. The number of hydrogen-bond donors (Lipinski definition) is 4. The van der Waals surface area contributed by atoms with Crippen LogP contribution in [0.4, 0.5) is 0 Å². The van der Waals surface area contributed by atoms with Crippen molar-refractivity contribution in [3.63, 3.8) is 0 Å². The molecule has 0 saturated carbocycles. The SMILES string of the molecule is CC[C@H]1OC(=O)[C@H](C)[C@@H](O[C@H]2C[C@@H](C)[C@H](O)[C@@](C)(OC)O2)[C@H](C)[C@@H](O[C@@H]2O[C@H](C)C[C@H](N(C)C)[C@H]2OC(C)=O)[C@](C)(O)C[C@@H](C)C(=O)[C@H](C)[C@@H](O)[C@]1(C)O. The van der Waals surface area contributed by atoms with Crippen molar-refractivity contribution >= 4 is 17.7 Å². The first-order valence-electron chi connectivity index (χ1n) is 19.4. The summed E-state index contributed by atoms with van der Waals surface area (Å²) in [6, 6.07) is -0.320. The highest BCUT2D eigenvalue weighted by Gasteiger charge is 2.54. The number of hydrogen-bond acceptors (Lipinski definition) is 15. The molecule has 0 aromatic heterocycles. The van der Waals surface area contributed by atoms with E-state index in [-0.39, 0.29) is 37.3 Å². The quantitative estimate of drug-likeness (QED) is 0.262. The molecule has 0 spiro atoms. The Balaban J connectivity index is 2.23. The van der Waals surface area contributed by atoms with Crippen LogP contribution in [0.25, 0.3) is 0 Å². The van der Waals surface area contributed by atoms with Gasteiger partial charge in [-0.15, -0.1) is 0 Å². The molecule has 0 aliphatic carbocycles. The fourth-order valence-corrected chi connectivity index (χ4v) is 8.70. The van der Waals surface area contributed by atoms with Crippen LogP contribution in [0.2, 0.25) is 0 Å². The van der Waals surface area contributed by atoms with Gasteiger partial charge in [0, 0.05) is 38.2 Å². The van der Waals surface area contributed by atoms with E-state index in [1.807, 2.05) is 32.8 Å². The molecular weight excluding hydrogens is 706 g/mol. The topological polar surface area (TPSA) is 200 Å². The number of nitrogens with zero attached hydrogens (tertiary/aromatic N) is 1. The zero-order valence-corrected chi connectivity index (χ0v) is 34.8. The van der Waals surface area contributed by atoms with Gasteiger partial charge >= 0.3 is 11.9 Å². The summed E-state index contributed by atoms with van der Waals surface area (Å²) in [5.74, 6) is -7.47. The number of ketones is 1. The zero-order valence-electron chi connectivity index (χ0n) is 34.8. The molecule has 3 aliphatic heterocycles. The lowest BCUT2D eigenvalue weighted by molar-refractivity contribution is -0.371. The monoisotopic (exact) mass is 775 g/mol. The number of aliphatic hydroxyl groups is 4. The van der Waals surface area contributed by atoms with Gasteiger partial charge in [0.05, 0.1) is 42.0 Å². The number of ether oxygens (including phenoxy) is 7. The van der Waals surface area contributed by atoms with Crippen molar-refractivity contribution in [3.8, 4) is 0 Å². The number of likely N-dealkylation sites (N-methyl/N-ethyl adjacent to an activating group) is 1. The van der Waals surface area contributed by atoms with Crippen molar-refractivity contribution in [1.29, 1.82) is 0 Å². The van der Waals surface area contributed by atoms with E-state index in [9.17, 15) is 34.8 Å². The molecule has 0 amide bonds. The van der Waals surface area contributed by atoms with E-state index in [1.54, 1.807) is 34.6 Å². The summed E-state index contributed by atoms with van der Waals surface area (Å²) in [4.78, 5) is 42.4. The predicted molar refractivity (Wildman–Crippen MR) is 196 cm³/mol. The third-order valence-corrected chi connectivity index (χ3v) is 12.0. The molecule has 0 unspecified atom stereocenters. The van der Waals surface area contributed by atoms with Gasteiger partial charge in [-0.3, -0.25) is 14.4 Å². The Morgan fingerprint density at radius 1 is 0.926 bits per heavy atom. The molecule has 4 N–H and O–H groups in total. The Bertz CT molecular complexity index is 1280. The van der Waals surface area contributed by atoms with Gasteiger partial charge in [0.2, 0.25) is 0 Å². The van der Waals surface area contributed by atoms with Gasteiger partial charge in [-0.2, -0.15) is 0 Å². The molecule has 54 heavy (non-hydrogen) atoms. The standard InChI is InChI=1S/C39H69NO14/c1-15-27-38(10,47)33(44)22(5)29(42)20(3)18-37(9,46)34(53-36-31(50-25(8)41)26(40(12)13)17-21(4)49-36)23(6)30(24(7)35(45)51-27)52-28-16-19(2)32(43)39(11,48-14)54-28/h19-24,26-28,30-34,36,43-44,46-47H,15-18H2,1-14H3/t19-,20-,21-,22+,23+,24-,26+,27-,28-,30+,31-,32+,33-,34-,36+,37-,38-,39+/m1/s1. The van der Waals surface area contributed by atoms with Crippen LogP contribution in [-0.2, 0) is 47.5 Å². The van der Waals surface area contributed by atoms with Crippen molar-refractivity contribution in [2.45, 2.75) is 180 Å². The van der Waals surface area contributed by atoms with Crippen molar-refractivity contribution in [3.05, 3.63) is 0 Å². The lowest BCUT2D eigenvalue weighted by Gasteiger charge is -2.49. The summed E-state index contributed by atoms with van der Waals surface area (Å²) in [7, 11) is 5.12. The molecule has 3 fully saturated rings. The molecule has 3 aliphatic rings. The molecule has 0 bridgehead atoms. The average Bonchev–Trinajstić information content (AvgIpc) is 3.08. The number of aliphatic hydroxyl groups excluding tert-OH is 2. The number of rotatable bonds is 8. The summed E-state index contributed by atoms with van der Waals surface area (Å²) in [6.07, 6.45) is -8.93. The highest BCUT2D eigenvalue weighted by Crippen LogP contribution is 2.41. The minimum Gasteiger partial charge on any atom is -0.459 e. The zero-order chi connectivity index (χ0) is 41.2. The van der Waals surface area contributed by atoms with Crippen molar-refractivity contribution < 1.29 is 68.0 Å². The fraction of sp³-hybridized carbons (Fsp3) is 0.923. The summed E-state index contributed by atoms with van der Waals surface area (Å²) >= 11 is 0. The Kier molecular flexibility index (Phi) is 15.7. The lowest BCUT2D eigenvalue weighted by Crippen LogP contribution is -2.61. The molecule has 3 rings (SSSR count). The fourth-order valence-electron chi connectivity index (χ4n) is 8.70. The largest absolute Gasteiger partial charge is 0.459 e. The van der Waals surface area contributed by atoms with Gasteiger partial charge in [0.25, 0.3) is 0 Å². The second-order valence-electron chi connectivity index (χ2n) is 17.0. The molecule has 15 heteroatoms. The van der Waals surface area contributed by atoms with Crippen LogP contribution in [0, 0.1) is 29.6 Å². The van der Waals surface area contributed by atoms with Crippen LogP contribution < -0.4 is 0 Å². The van der Waals surface area contributed by atoms with E-state index in [2.05, 4.69) is 0 Å². The molecule has 0 aromatic rings. The summed E-state index contributed by atoms with van der Waals surface area (Å²) in [5, 5.41) is 46.5. The number of carbonyl (C=O) groups is 3. The van der Waals surface area contributed by atoms with Gasteiger partial charge in [-0.05, 0) is 73.9 Å². The predicted octanol–water partition coefficient (Wildman–Crippen LogP) is 2.56. The van der Waals surface area contributed by atoms with E-state index in [0.717, 1.165) is 0 Å². The van der Waals surface area contributed by atoms with Gasteiger partial charge < -0.3 is 58.5 Å². The summed E-state index contributed by atoms with van der Waals surface area (Å²) in [6.45, 7) is 17.6. The summed E-state index contributed by atoms with van der Waals surface area (Å²) < 4.78 is 43.2. The molecule has 3 saturated heterocycles. The highest BCUT2D eigenvalue weighted by atomic mass is 16.8. The molecule has 0 radical (unpaired) electrons. The molecule has 0 aromatic carbocycles. The first kappa shape index (κ1) is 46.6. The second kappa shape index (κ2) is 18.2. The van der Waals surface area contributed by atoms with Crippen molar-refractivity contribution in [1.82, 2.24) is 4.90 Å². The van der Waals surface area contributed by atoms with Gasteiger partial charge in [0.15, 0.2) is 24.5 Å².